The minimum atomic E-state index is -0.206. The molecule has 90 valence electrons. The zero-order valence-electron chi connectivity index (χ0n) is 9.50. The van der Waals surface area contributed by atoms with Crippen LogP contribution in [0.15, 0.2) is 36.5 Å². The van der Waals surface area contributed by atoms with E-state index in [4.69, 9.17) is 11.0 Å². The Labute approximate surface area is 104 Å². The van der Waals surface area contributed by atoms with E-state index in [1.165, 1.54) is 4.68 Å². The SMILES string of the molecule is N#Cc1ccc(NC(=O)Cn2ccc(N)n2)cc1. The van der Waals surface area contributed by atoms with Gasteiger partial charge in [0.1, 0.15) is 12.4 Å². The minimum Gasteiger partial charge on any atom is -0.382 e. The summed E-state index contributed by atoms with van der Waals surface area (Å²) in [6, 6.07) is 10.3. The third kappa shape index (κ3) is 2.86. The number of carbonyl (C=O) groups is 1. The lowest BCUT2D eigenvalue weighted by atomic mass is 10.2. The fraction of sp³-hybridized carbons (Fsp3) is 0.0833. The Morgan fingerprint density at radius 1 is 1.39 bits per heavy atom. The molecule has 2 rings (SSSR count). The standard InChI is InChI=1S/C12H11N5O/c13-7-9-1-3-10(4-2-9)15-12(18)8-17-6-5-11(14)16-17/h1-6H,8H2,(H2,14,16)(H,15,18). The van der Waals surface area contributed by atoms with Crippen LogP contribution in [0.3, 0.4) is 0 Å². The number of hydrogen-bond donors (Lipinski definition) is 2. The molecule has 0 fully saturated rings. The van der Waals surface area contributed by atoms with Crippen LogP contribution < -0.4 is 11.1 Å². The van der Waals surface area contributed by atoms with Gasteiger partial charge < -0.3 is 11.1 Å². The van der Waals surface area contributed by atoms with Crippen LogP contribution in [0.4, 0.5) is 11.5 Å². The van der Waals surface area contributed by atoms with Crippen molar-refractivity contribution in [2.75, 3.05) is 11.1 Å². The Morgan fingerprint density at radius 2 is 2.11 bits per heavy atom. The van der Waals surface area contributed by atoms with Gasteiger partial charge in [-0.25, -0.2) is 0 Å². The predicted molar refractivity (Wildman–Crippen MR) is 66.4 cm³/mol. The lowest BCUT2D eigenvalue weighted by Gasteiger charge is -2.05. The number of nitrogens with one attached hydrogen (secondary N) is 1. The number of nitriles is 1. The Balaban J connectivity index is 1.96. The number of anilines is 2. The van der Waals surface area contributed by atoms with E-state index in [1.807, 2.05) is 6.07 Å². The second-order valence-electron chi connectivity index (χ2n) is 3.68. The maximum atomic E-state index is 11.7. The highest BCUT2D eigenvalue weighted by molar-refractivity contribution is 5.90. The molecule has 0 radical (unpaired) electrons. The second kappa shape index (κ2) is 5.01. The van der Waals surface area contributed by atoms with Crippen molar-refractivity contribution >= 4 is 17.4 Å². The molecule has 0 bridgehead atoms. The molecule has 6 heteroatoms. The van der Waals surface area contributed by atoms with Gasteiger partial charge in [0.05, 0.1) is 11.6 Å². The third-order valence-corrected chi connectivity index (χ3v) is 2.26. The molecule has 2 aromatic rings. The first-order chi connectivity index (χ1) is 8.67. The largest absolute Gasteiger partial charge is 0.382 e. The average molecular weight is 241 g/mol. The molecule has 0 aliphatic rings. The van der Waals surface area contributed by atoms with Gasteiger partial charge >= 0.3 is 0 Å². The number of carbonyl (C=O) groups excluding carboxylic acids is 1. The maximum Gasteiger partial charge on any atom is 0.246 e. The number of hydrogen-bond acceptors (Lipinski definition) is 4. The fourth-order valence-corrected chi connectivity index (χ4v) is 1.44. The Bertz CT molecular complexity index is 594. The fourth-order valence-electron chi connectivity index (χ4n) is 1.44. The average Bonchev–Trinajstić information content (AvgIpc) is 2.75. The molecule has 0 unspecified atom stereocenters. The van der Waals surface area contributed by atoms with Gasteiger partial charge in [-0.15, -0.1) is 0 Å². The van der Waals surface area contributed by atoms with Gasteiger partial charge in [-0.1, -0.05) is 0 Å². The van der Waals surface area contributed by atoms with Gasteiger partial charge in [-0.2, -0.15) is 10.4 Å². The lowest BCUT2D eigenvalue weighted by molar-refractivity contribution is -0.116. The summed E-state index contributed by atoms with van der Waals surface area (Å²) in [5, 5.41) is 15.3. The van der Waals surface area contributed by atoms with Crippen LogP contribution in [-0.4, -0.2) is 15.7 Å². The molecule has 1 heterocycles. The van der Waals surface area contributed by atoms with Crippen LogP contribution in [-0.2, 0) is 11.3 Å². The summed E-state index contributed by atoms with van der Waals surface area (Å²) in [7, 11) is 0. The maximum absolute atomic E-state index is 11.7. The summed E-state index contributed by atoms with van der Waals surface area (Å²) < 4.78 is 1.45. The molecule has 0 aliphatic heterocycles. The third-order valence-electron chi connectivity index (χ3n) is 2.26. The first-order valence-electron chi connectivity index (χ1n) is 5.26. The van der Waals surface area contributed by atoms with Crippen molar-refractivity contribution in [2.45, 2.75) is 6.54 Å². The van der Waals surface area contributed by atoms with Gasteiger partial charge in [0.25, 0.3) is 0 Å². The number of amides is 1. The number of benzene rings is 1. The van der Waals surface area contributed by atoms with E-state index in [0.29, 0.717) is 17.1 Å². The zero-order valence-corrected chi connectivity index (χ0v) is 9.50. The van der Waals surface area contributed by atoms with Crippen molar-refractivity contribution in [1.82, 2.24) is 9.78 Å². The highest BCUT2D eigenvalue weighted by Gasteiger charge is 2.04. The highest BCUT2D eigenvalue weighted by Crippen LogP contribution is 2.08. The van der Waals surface area contributed by atoms with Gasteiger partial charge in [0.15, 0.2) is 0 Å². The van der Waals surface area contributed by atoms with E-state index < -0.39 is 0 Å². The number of aromatic nitrogens is 2. The zero-order chi connectivity index (χ0) is 13.0. The molecule has 3 N–H and O–H groups in total. The van der Waals surface area contributed by atoms with E-state index in [2.05, 4.69) is 10.4 Å². The topological polar surface area (TPSA) is 96.7 Å². The van der Waals surface area contributed by atoms with Gasteiger partial charge in [-0.05, 0) is 30.3 Å². The Kier molecular flexibility index (Phi) is 3.25. The Hall–Kier alpha value is -2.81. The van der Waals surface area contributed by atoms with E-state index in [-0.39, 0.29) is 12.5 Å². The van der Waals surface area contributed by atoms with Crippen LogP contribution >= 0.6 is 0 Å². The number of rotatable bonds is 3. The molecule has 1 amide bonds. The normalized spacial score (nSPS) is 9.72. The molecule has 0 saturated carbocycles. The second-order valence-corrected chi connectivity index (χ2v) is 3.68. The van der Waals surface area contributed by atoms with Crippen molar-refractivity contribution in [2.24, 2.45) is 0 Å². The van der Waals surface area contributed by atoms with Crippen molar-refractivity contribution in [3.8, 4) is 6.07 Å². The molecule has 0 aliphatic carbocycles. The highest BCUT2D eigenvalue weighted by atomic mass is 16.2. The van der Waals surface area contributed by atoms with Gasteiger partial charge in [0.2, 0.25) is 5.91 Å². The smallest absolute Gasteiger partial charge is 0.246 e. The number of nitrogens with two attached hydrogens (primary N) is 1. The van der Waals surface area contributed by atoms with Crippen LogP contribution in [0.1, 0.15) is 5.56 Å². The Morgan fingerprint density at radius 3 is 2.67 bits per heavy atom. The van der Waals surface area contributed by atoms with E-state index in [0.717, 1.165) is 0 Å². The van der Waals surface area contributed by atoms with E-state index >= 15 is 0 Å². The van der Waals surface area contributed by atoms with Crippen LogP contribution in [0.2, 0.25) is 0 Å². The van der Waals surface area contributed by atoms with Crippen molar-refractivity contribution in [1.29, 1.82) is 5.26 Å². The molecule has 0 saturated heterocycles. The quantitative estimate of drug-likeness (QED) is 0.836. The molecule has 1 aromatic carbocycles. The van der Waals surface area contributed by atoms with Crippen LogP contribution in [0.5, 0.6) is 0 Å². The van der Waals surface area contributed by atoms with Crippen molar-refractivity contribution < 1.29 is 4.79 Å². The first kappa shape index (κ1) is 11.7. The molecule has 0 spiro atoms. The van der Waals surface area contributed by atoms with Crippen LogP contribution in [0, 0.1) is 11.3 Å². The van der Waals surface area contributed by atoms with E-state index in [9.17, 15) is 4.79 Å². The van der Waals surface area contributed by atoms with Crippen molar-refractivity contribution in [3.63, 3.8) is 0 Å². The predicted octanol–water partition coefficient (Wildman–Crippen LogP) is 0.976. The summed E-state index contributed by atoms with van der Waals surface area (Å²) >= 11 is 0. The molecule has 18 heavy (non-hydrogen) atoms. The van der Waals surface area contributed by atoms with Gasteiger partial charge in [-0.3, -0.25) is 9.48 Å². The summed E-state index contributed by atoms with van der Waals surface area (Å²) in [5.74, 6) is 0.170. The lowest BCUT2D eigenvalue weighted by Crippen LogP contribution is -2.19. The molecule has 1 aromatic heterocycles. The van der Waals surface area contributed by atoms with Gasteiger partial charge in [0, 0.05) is 11.9 Å². The molecular weight excluding hydrogens is 230 g/mol. The molecular formula is C12H11N5O. The summed E-state index contributed by atoms with van der Waals surface area (Å²) in [6.07, 6.45) is 1.63. The summed E-state index contributed by atoms with van der Waals surface area (Å²) in [4.78, 5) is 11.7. The first-order valence-corrected chi connectivity index (χ1v) is 5.26. The van der Waals surface area contributed by atoms with Crippen molar-refractivity contribution in [3.05, 3.63) is 42.1 Å². The minimum absolute atomic E-state index is 0.0944. The molecule has 0 atom stereocenters. The summed E-state index contributed by atoms with van der Waals surface area (Å²) in [5.41, 5.74) is 6.63. The number of nitrogens with zero attached hydrogens (tertiary/aromatic N) is 3. The summed E-state index contributed by atoms with van der Waals surface area (Å²) in [6.45, 7) is 0.0944. The van der Waals surface area contributed by atoms with Crippen LogP contribution in [0.25, 0.3) is 0 Å². The number of nitrogen functional groups attached to an aromatic ring is 1. The van der Waals surface area contributed by atoms with E-state index in [1.54, 1.807) is 36.5 Å². The molecule has 6 nitrogen and oxygen atoms in total. The monoisotopic (exact) mass is 241 g/mol.